The molecule has 0 unspecified atom stereocenters. The van der Waals surface area contributed by atoms with Gasteiger partial charge in [0.25, 0.3) is 0 Å². The molecule has 2 aromatic heterocycles. The van der Waals surface area contributed by atoms with Crippen molar-refractivity contribution in [3.63, 3.8) is 0 Å². The van der Waals surface area contributed by atoms with E-state index in [0.717, 1.165) is 23.2 Å². The van der Waals surface area contributed by atoms with E-state index in [0.29, 0.717) is 18.7 Å². The highest BCUT2D eigenvalue weighted by molar-refractivity contribution is 7.92. The van der Waals surface area contributed by atoms with E-state index in [-0.39, 0.29) is 5.91 Å². The number of nitrogens with one attached hydrogen (secondary N) is 2. The van der Waals surface area contributed by atoms with E-state index >= 15 is 0 Å². The summed E-state index contributed by atoms with van der Waals surface area (Å²) >= 11 is 0. The predicted octanol–water partition coefficient (Wildman–Crippen LogP) is 2.08. The molecule has 0 aliphatic heterocycles. The summed E-state index contributed by atoms with van der Waals surface area (Å²) in [6.45, 7) is 0.490. The van der Waals surface area contributed by atoms with E-state index in [9.17, 15) is 13.2 Å². The Kier molecular flexibility index (Phi) is 5.56. The number of carbonyl (C=O) groups excluding carboxylic acids is 1. The van der Waals surface area contributed by atoms with Crippen molar-refractivity contribution in [2.24, 2.45) is 0 Å². The number of hydrogen-bond acceptors (Lipinski definition) is 4. The summed E-state index contributed by atoms with van der Waals surface area (Å²) in [5.41, 5.74) is 3.07. The minimum absolute atomic E-state index is 0.197. The Morgan fingerprint density at radius 1 is 1.19 bits per heavy atom. The van der Waals surface area contributed by atoms with Crippen LogP contribution in [0.4, 0.5) is 5.69 Å². The van der Waals surface area contributed by atoms with Crippen LogP contribution in [-0.4, -0.2) is 36.5 Å². The van der Waals surface area contributed by atoms with Crippen LogP contribution < -0.4 is 10.0 Å². The number of anilines is 1. The molecule has 2 heterocycles. The largest absolute Gasteiger partial charge is 0.352 e. The molecule has 0 radical (unpaired) electrons. The molecule has 0 aliphatic rings. The third-order valence-electron chi connectivity index (χ3n) is 3.74. The first-order valence-corrected chi connectivity index (χ1v) is 10.2. The Morgan fingerprint density at radius 3 is 2.67 bits per heavy atom. The third kappa shape index (κ3) is 5.68. The minimum Gasteiger partial charge on any atom is -0.352 e. The van der Waals surface area contributed by atoms with Crippen molar-refractivity contribution >= 4 is 33.3 Å². The molecule has 2 N–H and O–H groups in total. The van der Waals surface area contributed by atoms with Crippen molar-refractivity contribution in [1.29, 1.82) is 0 Å². The molecule has 7 nitrogen and oxygen atoms in total. The first-order valence-electron chi connectivity index (χ1n) is 8.35. The van der Waals surface area contributed by atoms with Crippen molar-refractivity contribution in [1.82, 2.24) is 14.7 Å². The highest BCUT2D eigenvalue weighted by Crippen LogP contribution is 2.12. The quantitative estimate of drug-likeness (QED) is 0.610. The first kappa shape index (κ1) is 18.7. The molecule has 3 rings (SSSR count). The van der Waals surface area contributed by atoms with Gasteiger partial charge in [-0.05, 0) is 35.9 Å². The van der Waals surface area contributed by atoms with E-state index in [1.807, 2.05) is 35.0 Å². The molecule has 140 valence electrons. The first-order chi connectivity index (χ1) is 12.9. The van der Waals surface area contributed by atoms with Gasteiger partial charge in [0, 0.05) is 37.1 Å². The van der Waals surface area contributed by atoms with E-state index in [1.165, 1.54) is 6.08 Å². The summed E-state index contributed by atoms with van der Waals surface area (Å²) in [7, 11) is -3.30. The van der Waals surface area contributed by atoms with Crippen molar-refractivity contribution in [2.45, 2.75) is 6.42 Å². The van der Waals surface area contributed by atoms with E-state index in [1.54, 1.807) is 30.3 Å². The van der Waals surface area contributed by atoms with Gasteiger partial charge in [0.2, 0.25) is 15.9 Å². The normalized spacial score (nSPS) is 11.7. The lowest BCUT2D eigenvalue weighted by atomic mass is 10.2. The van der Waals surface area contributed by atoms with Crippen LogP contribution in [-0.2, 0) is 21.2 Å². The molecule has 1 amide bonds. The van der Waals surface area contributed by atoms with Gasteiger partial charge in [0.15, 0.2) is 0 Å². The molecule has 8 heteroatoms. The van der Waals surface area contributed by atoms with Crippen molar-refractivity contribution in [2.75, 3.05) is 17.5 Å². The van der Waals surface area contributed by atoms with Gasteiger partial charge < -0.3 is 9.72 Å². The summed E-state index contributed by atoms with van der Waals surface area (Å²) in [6, 6.07) is 12.5. The average molecular weight is 384 g/mol. The number of hydrogen-bond donors (Lipinski definition) is 2. The Labute approximate surface area is 157 Å². The van der Waals surface area contributed by atoms with Crippen LogP contribution in [0.1, 0.15) is 11.3 Å². The molecule has 0 atom stereocenters. The number of benzene rings is 1. The molecule has 27 heavy (non-hydrogen) atoms. The van der Waals surface area contributed by atoms with E-state index in [4.69, 9.17) is 0 Å². The van der Waals surface area contributed by atoms with Crippen LogP contribution >= 0.6 is 0 Å². The van der Waals surface area contributed by atoms with Crippen LogP contribution in [0.3, 0.4) is 0 Å². The van der Waals surface area contributed by atoms with Gasteiger partial charge in [0.1, 0.15) is 5.65 Å². The zero-order valence-corrected chi connectivity index (χ0v) is 15.6. The molecule has 0 bridgehead atoms. The number of nitrogens with zero attached hydrogens (tertiary/aromatic N) is 2. The minimum atomic E-state index is -3.30. The van der Waals surface area contributed by atoms with E-state index < -0.39 is 10.0 Å². The Balaban J connectivity index is 1.48. The lowest BCUT2D eigenvalue weighted by Gasteiger charge is -2.03. The molecule has 1 aromatic carbocycles. The molecule has 0 spiro atoms. The summed E-state index contributed by atoms with van der Waals surface area (Å²) in [5.74, 6) is -0.197. The molecular formula is C19H20N4O3S. The fraction of sp³-hybridized carbons (Fsp3) is 0.158. The van der Waals surface area contributed by atoms with Crippen LogP contribution in [0.2, 0.25) is 0 Å². The highest BCUT2D eigenvalue weighted by atomic mass is 32.2. The Morgan fingerprint density at radius 2 is 1.96 bits per heavy atom. The molecule has 0 saturated carbocycles. The summed E-state index contributed by atoms with van der Waals surface area (Å²) < 4.78 is 26.7. The van der Waals surface area contributed by atoms with Crippen LogP contribution in [0.15, 0.2) is 60.9 Å². The van der Waals surface area contributed by atoms with Gasteiger partial charge in [0.05, 0.1) is 11.9 Å². The van der Waals surface area contributed by atoms with Crippen molar-refractivity contribution in [3.05, 3.63) is 72.2 Å². The van der Waals surface area contributed by atoms with Gasteiger partial charge in [-0.1, -0.05) is 18.2 Å². The zero-order chi connectivity index (χ0) is 19.3. The maximum atomic E-state index is 11.9. The Bertz CT molecular complexity index is 1040. The summed E-state index contributed by atoms with van der Waals surface area (Å²) in [5, 5.41) is 2.82. The van der Waals surface area contributed by atoms with E-state index in [2.05, 4.69) is 15.0 Å². The number of fused-ring (bicyclic) bond motifs is 1. The number of pyridine rings is 1. The highest BCUT2D eigenvalue weighted by Gasteiger charge is 2.03. The molecule has 0 fully saturated rings. The second-order valence-corrected chi connectivity index (χ2v) is 7.82. The van der Waals surface area contributed by atoms with Gasteiger partial charge >= 0.3 is 0 Å². The predicted molar refractivity (Wildman–Crippen MR) is 106 cm³/mol. The smallest absolute Gasteiger partial charge is 0.244 e. The molecule has 0 saturated heterocycles. The summed E-state index contributed by atoms with van der Waals surface area (Å²) in [4.78, 5) is 16.4. The fourth-order valence-electron chi connectivity index (χ4n) is 2.53. The fourth-order valence-corrected chi connectivity index (χ4v) is 3.09. The number of carbonyl (C=O) groups is 1. The van der Waals surface area contributed by atoms with Gasteiger partial charge in [-0.3, -0.25) is 9.52 Å². The number of imidazole rings is 1. The number of sulfonamides is 1. The SMILES string of the molecule is CS(=O)(=O)Nc1ccc(/C=C/C(=O)NCCc2cn3ccccc3n2)cc1. The molecule has 3 aromatic rings. The monoisotopic (exact) mass is 384 g/mol. The summed E-state index contributed by atoms with van der Waals surface area (Å²) in [6.07, 6.45) is 8.74. The second kappa shape index (κ2) is 8.05. The Hall–Kier alpha value is -3.13. The van der Waals surface area contributed by atoms with Gasteiger partial charge in [-0.15, -0.1) is 0 Å². The number of rotatable bonds is 7. The maximum absolute atomic E-state index is 11.9. The number of aromatic nitrogens is 2. The standard InChI is InChI=1S/C19H20N4O3S/c1-27(25,26)22-16-8-5-15(6-9-16)7-10-19(24)20-12-11-17-14-23-13-3-2-4-18(23)21-17/h2-10,13-14,22H,11-12H2,1H3,(H,20,24)/b10-7+. The average Bonchev–Trinajstić information content (AvgIpc) is 3.02. The maximum Gasteiger partial charge on any atom is 0.244 e. The van der Waals surface area contributed by atoms with Crippen LogP contribution in [0.25, 0.3) is 11.7 Å². The van der Waals surface area contributed by atoms with Crippen LogP contribution in [0, 0.1) is 0 Å². The molecular weight excluding hydrogens is 364 g/mol. The van der Waals surface area contributed by atoms with Gasteiger partial charge in [-0.25, -0.2) is 13.4 Å². The lowest BCUT2D eigenvalue weighted by Crippen LogP contribution is -2.23. The zero-order valence-electron chi connectivity index (χ0n) is 14.8. The molecule has 0 aliphatic carbocycles. The van der Waals surface area contributed by atoms with Crippen molar-refractivity contribution in [3.8, 4) is 0 Å². The second-order valence-electron chi connectivity index (χ2n) is 6.07. The third-order valence-corrected chi connectivity index (χ3v) is 4.34. The van der Waals surface area contributed by atoms with Crippen molar-refractivity contribution < 1.29 is 13.2 Å². The van der Waals surface area contributed by atoms with Gasteiger partial charge in [-0.2, -0.15) is 0 Å². The van der Waals surface area contributed by atoms with Crippen LogP contribution in [0.5, 0.6) is 0 Å². The number of amides is 1. The topological polar surface area (TPSA) is 92.6 Å². The lowest BCUT2D eigenvalue weighted by molar-refractivity contribution is -0.116.